The lowest BCUT2D eigenvalue weighted by molar-refractivity contribution is 0.0939. The molecule has 0 aliphatic carbocycles. The van der Waals surface area contributed by atoms with Crippen LogP contribution >= 0.6 is 11.3 Å². The number of rotatable bonds is 5. The lowest BCUT2D eigenvalue weighted by Gasteiger charge is -2.23. The van der Waals surface area contributed by atoms with Gasteiger partial charge in [-0.15, -0.1) is 11.3 Å². The van der Waals surface area contributed by atoms with Crippen LogP contribution in [-0.4, -0.2) is 41.1 Å². The van der Waals surface area contributed by atoms with Crippen LogP contribution in [0, 0.1) is 6.92 Å². The van der Waals surface area contributed by atoms with Crippen molar-refractivity contribution < 1.29 is 9.18 Å². The number of hydrogen-bond donors (Lipinski definition) is 2. The van der Waals surface area contributed by atoms with Crippen molar-refractivity contribution in [2.45, 2.75) is 32.1 Å². The maximum Gasteiger partial charge on any atom is 0.253 e. The topological polar surface area (TPSA) is 48.1 Å². The molecule has 2 aromatic heterocycles. The van der Waals surface area contributed by atoms with Crippen molar-refractivity contribution in [2.24, 2.45) is 0 Å². The summed E-state index contributed by atoms with van der Waals surface area (Å²) in [6.45, 7) is 3.55. The molecule has 3 heterocycles. The van der Waals surface area contributed by atoms with E-state index in [0.29, 0.717) is 25.1 Å². The first-order chi connectivity index (χ1) is 10.6. The Morgan fingerprint density at radius 2 is 2.41 bits per heavy atom. The summed E-state index contributed by atoms with van der Waals surface area (Å²) >= 11 is 1.68. The number of carbonyl (C=O) groups excluding carboxylic acids is 1. The first kappa shape index (κ1) is 15.2. The van der Waals surface area contributed by atoms with E-state index in [4.69, 9.17) is 0 Å². The lowest BCUT2D eigenvalue weighted by Crippen LogP contribution is -2.39. The summed E-state index contributed by atoms with van der Waals surface area (Å²) in [5.74, 6) is -0.0999. The number of aryl methyl sites for hydroxylation is 1. The van der Waals surface area contributed by atoms with Crippen LogP contribution in [0.3, 0.4) is 0 Å². The van der Waals surface area contributed by atoms with Crippen molar-refractivity contribution >= 4 is 17.2 Å². The number of thiophene rings is 1. The number of alkyl halides is 1. The first-order valence-electron chi connectivity index (χ1n) is 7.46. The second kappa shape index (κ2) is 6.62. The molecule has 6 heteroatoms. The highest BCUT2D eigenvalue weighted by Crippen LogP contribution is 2.24. The predicted octanol–water partition coefficient (Wildman–Crippen LogP) is 2.73. The van der Waals surface area contributed by atoms with Gasteiger partial charge in [0.05, 0.1) is 5.56 Å². The fraction of sp³-hybridized carbons (Fsp3) is 0.438. The van der Waals surface area contributed by atoms with Crippen molar-refractivity contribution in [3.63, 3.8) is 0 Å². The molecule has 4 nitrogen and oxygen atoms in total. The quantitative estimate of drug-likeness (QED) is 0.889. The Morgan fingerprint density at radius 3 is 3.09 bits per heavy atom. The van der Waals surface area contributed by atoms with Crippen molar-refractivity contribution in [2.75, 3.05) is 13.1 Å². The Kier molecular flexibility index (Phi) is 4.59. The minimum Gasteiger partial charge on any atom is -0.365 e. The number of nitrogens with one attached hydrogen (secondary N) is 2. The molecule has 22 heavy (non-hydrogen) atoms. The number of aromatic amines is 1. The molecule has 0 unspecified atom stereocenters. The van der Waals surface area contributed by atoms with Crippen LogP contribution in [0.4, 0.5) is 4.39 Å². The third-order valence-corrected chi connectivity index (χ3v) is 4.97. The zero-order valence-electron chi connectivity index (χ0n) is 12.5. The first-order valence-corrected chi connectivity index (χ1v) is 8.34. The number of aromatic nitrogens is 1. The molecule has 0 spiro atoms. The molecule has 1 fully saturated rings. The monoisotopic (exact) mass is 321 g/mol. The highest BCUT2D eigenvalue weighted by molar-refractivity contribution is 7.09. The highest BCUT2D eigenvalue weighted by atomic mass is 32.1. The summed E-state index contributed by atoms with van der Waals surface area (Å²) in [5, 5.41) is 4.97. The molecule has 1 amide bonds. The molecule has 1 aliphatic heterocycles. The molecular formula is C16H20FN3OS. The Balaban J connectivity index is 1.58. The van der Waals surface area contributed by atoms with E-state index in [2.05, 4.69) is 21.3 Å². The van der Waals surface area contributed by atoms with Crippen molar-refractivity contribution in [3.05, 3.63) is 45.9 Å². The van der Waals surface area contributed by atoms with E-state index < -0.39 is 6.17 Å². The van der Waals surface area contributed by atoms with Crippen molar-refractivity contribution in [3.8, 4) is 0 Å². The second-order valence-electron chi connectivity index (χ2n) is 5.72. The molecule has 1 saturated heterocycles. The molecule has 118 valence electrons. The lowest BCUT2D eigenvalue weighted by atomic mass is 10.2. The molecule has 0 radical (unpaired) electrons. The molecule has 0 saturated carbocycles. The third-order valence-electron chi connectivity index (χ3n) is 4.11. The van der Waals surface area contributed by atoms with E-state index in [1.165, 1.54) is 4.88 Å². The van der Waals surface area contributed by atoms with Crippen LogP contribution in [0.15, 0.2) is 29.8 Å². The zero-order valence-corrected chi connectivity index (χ0v) is 13.3. The molecule has 3 rings (SSSR count). The number of likely N-dealkylation sites (tertiary alicyclic amines) is 1. The average Bonchev–Trinajstić information content (AvgIpc) is 3.19. The molecular weight excluding hydrogens is 301 g/mol. The number of carbonyl (C=O) groups is 1. The summed E-state index contributed by atoms with van der Waals surface area (Å²) in [6.07, 6.45) is 1.43. The van der Waals surface area contributed by atoms with Gasteiger partial charge in [0.1, 0.15) is 6.17 Å². The average molecular weight is 321 g/mol. The number of halogens is 1. The van der Waals surface area contributed by atoms with Crippen LogP contribution in [0.1, 0.15) is 27.3 Å². The molecule has 2 atom stereocenters. The fourth-order valence-electron chi connectivity index (χ4n) is 2.94. The van der Waals surface area contributed by atoms with Crippen molar-refractivity contribution in [1.29, 1.82) is 0 Å². The molecule has 0 bridgehead atoms. The summed E-state index contributed by atoms with van der Waals surface area (Å²) in [5.41, 5.74) is 1.50. The van der Waals surface area contributed by atoms with E-state index >= 15 is 0 Å². The standard InChI is InChI=1S/C16H20FN3OS/c1-11-15(4-5-18-11)16(21)19-8-13-7-12(17)9-20(13)10-14-3-2-6-22-14/h2-6,12-13,18H,7-10H2,1H3,(H,19,21)/t12-,13-/m0/s1. The molecule has 1 aliphatic rings. The summed E-state index contributed by atoms with van der Waals surface area (Å²) in [4.78, 5) is 18.5. The Hall–Kier alpha value is -1.66. The van der Waals surface area contributed by atoms with Gasteiger partial charge in [-0.25, -0.2) is 4.39 Å². The normalized spacial score (nSPS) is 22.1. The van der Waals surface area contributed by atoms with E-state index in [1.54, 1.807) is 23.6 Å². The summed E-state index contributed by atoms with van der Waals surface area (Å²) < 4.78 is 13.8. The third kappa shape index (κ3) is 3.39. The van der Waals surface area contributed by atoms with Gasteiger partial charge in [-0.2, -0.15) is 0 Å². The van der Waals surface area contributed by atoms with Gasteiger partial charge < -0.3 is 10.3 Å². The van der Waals surface area contributed by atoms with Crippen LogP contribution in [-0.2, 0) is 6.54 Å². The summed E-state index contributed by atoms with van der Waals surface area (Å²) in [6, 6.07) is 5.89. The molecule has 2 N–H and O–H groups in total. The Labute approximate surface area is 133 Å². The van der Waals surface area contributed by atoms with Crippen LogP contribution in [0.2, 0.25) is 0 Å². The number of H-pyrrole nitrogens is 1. The minimum absolute atomic E-state index is 0.0558. The van der Waals surface area contributed by atoms with E-state index in [1.807, 2.05) is 18.4 Å². The fourth-order valence-corrected chi connectivity index (χ4v) is 3.67. The van der Waals surface area contributed by atoms with Crippen LogP contribution < -0.4 is 5.32 Å². The van der Waals surface area contributed by atoms with Gasteiger partial charge >= 0.3 is 0 Å². The van der Waals surface area contributed by atoms with Gasteiger partial charge in [0.25, 0.3) is 5.91 Å². The Morgan fingerprint density at radius 1 is 1.55 bits per heavy atom. The van der Waals surface area contributed by atoms with Gasteiger partial charge in [-0.3, -0.25) is 9.69 Å². The second-order valence-corrected chi connectivity index (χ2v) is 6.75. The predicted molar refractivity (Wildman–Crippen MR) is 85.9 cm³/mol. The van der Waals surface area contributed by atoms with E-state index in [0.717, 1.165) is 12.2 Å². The van der Waals surface area contributed by atoms with Gasteiger partial charge in [0, 0.05) is 42.4 Å². The number of nitrogens with zero attached hydrogens (tertiary/aromatic N) is 1. The minimum atomic E-state index is -0.809. The highest BCUT2D eigenvalue weighted by Gasteiger charge is 2.32. The van der Waals surface area contributed by atoms with E-state index in [9.17, 15) is 9.18 Å². The van der Waals surface area contributed by atoms with E-state index in [-0.39, 0.29) is 11.9 Å². The van der Waals surface area contributed by atoms with Gasteiger partial charge in [0.2, 0.25) is 0 Å². The smallest absolute Gasteiger partial charge is 0.253 e. The molecule has 2 aromatic rings. The SMILES string of the molecule is Cc1[nH]ccc1C(=O)NC[C@@H]1C[C@H](F)CN1Cc1cccs1. The van der Waals surface area contributed by atoms with Gasteiger partial charge in [-0.05, 0) is 30.9 Å². The zero-order chi connectivity index (χ0) is 15.5. The molecule has 0 aromatic carbocycles. The Bertz CT molecular complexity index is 625. The van der Waals surface area contributed by atoms with Gasteiger partial charge in [-0.1, -0.05) is 6.07 Å². The van der Waals surface area contributed by atoms with Crippen LogP contribution in [0.25, 0.3) is 0 Å². The number of hydrogen-bond acceptors (Lipinski definition) is 3. The van der Waals surface area contributed by atoms with Gasteiger partial charge in [0.15, 0.2) is 0 Å². The number of amides is 1. The summed E-state index contributed by atoms with van der Waals surface area (Å²) in [7, 11) is 0. The van der Waals surface area contributed by atoms with Crippen molar-refractivity contribution in [1.82, 2.24) is 15.2 Å². The maximum atomic E-state index is 13.8. The largest absolute Gasteiger partial charge is 0.365 e. The maximum absolute atomic E-state index is 13.8. The van der Waals surface area contributed by atoms with Crippen LogP contribution in [0.5, 0.6) is 0 Å².